The lowest BCUT2D eigenvalue weighted by Gasteiger charge is -2.40. The van der Waals surface area contributed by atoms with E-state index in [1.807, 2.05) is 20.8 Å². The van der Waals surface area contributed by atoms with Crippen LogP contribution in [0.3, 0.4) is 0 Å². The number of rotatable bonds is 11. The molecule has 0 spiro atoms. The lowest BCUT2D eigenvalue weighted by molar-refractivity contribution is -0.118. The van der Waals surface area contributed by atoms with E-state index in [0.29, 0.717) is 6.42 Å². The van der Waals surface area contributed by atoms with E-state index < -0.39 is 65.5 Å². The van der Waals surface area contributed by atoms with Gasteiger partial charge in [-0.25, -0.2) is 18.4 Å². The molecule has 52 heavy (non-hydrogen) atoms. The van der Waals surface area contributed by atoms with Crippen molar-refractivity contribution in [2.45, 2.75) is 83.8 Å². The second-order valence-corrected chi connectivity index (χ2v) is 14.8. The predicted molar refractivity (Wildman–Crippen MR) is 196 cm³/mol. The Balaban J connectivity index is 1.78. The highest BCUT2D eigenvalue weighted by atomic mass is 35.5. The van der Waals surface area contributed by atoms with Crippen molar-refractivity contribution in [3.05, 3.63) is 93.0 Å². The fourth-order valence-electron chi connectivity index (χ4n) is 6.59. The first-order valence-electron chi connectivity index (χ1n) is 16.6. The van der Waals surface area contributed by atoms with E-state index in [1.165, 1.54) is 63.5 Å². The van der Waals surface area contributed by atoms with Crippen LogP contribution < -0.4 is 15.4 Å². The quantitative estimate of drug-likeness (QED) is 0.113. The number of aliphatic imine (C=N–C) groups is 1. The average Bonchev–Trinajstić information content (AvgIpc) is 3.34. The van der Waals surface area contributed by atoms with Gasteiger partial charge >= 0.3 is 12.1 Å². The Bertz CT molecular complexity index is 1830. The molecule has 2 N–H and O–H groups in total. The largest absolute Gasteiger partial charge is 0.511 e. The molecular formula is C38H43Cl2F2N3O7. The fourth-order valence-corrected chi connectivity index (χ4v) is 6.93. The summed E-state index contributed by atoms with van der Waals surface area (Å²) < 4.78 is 52.9. The maximum atomic E-state index is 16.2. The molecule has 0 aromatic heterocycles. The molecule has 3 aromatic carbocycles. The van der Waals surface area contributed by atoms with Crippen LogP contribution in [-0.4, -0.2) is 62.9 Å². The zero-order chi connectivity index (χ0) is 38.5. The molecule has 1 aliphatic heterocycles. The number of amides is 1. The van der Waals surface area contributed by atoms with Gasteiger partial charge in [0, 0.05) is 42.7 Å². The minimum absolute atomic E-state index is 0.0296. The van der Waals surface area contributed by atoms with Crippen molar-refractivity contribution in [1.29, 1.82) is 0 Å². The second-order valence-electron chi connectivity index (χ2n) is 13.9. The molecule has 1 saturated heterocycles. The Morgan fingerprint density at radius 2 is 1.73 bits per heavy atom. The van der Waals surface area contributed by atoms with Crippen molar-refractivity contribution in [2.24, 2.45) is 10.4 Å². The third kappa shape index (κ3) is 9.02. The maximum absolute atomic E-state index is 16.2. The van der Waals surface area contributed by atoms with E-state index >= 15 is 8.78 Å². The summed E-state index contributed by atoms with van der Waals surface area (Å²) in [5.41, 5.74) is -1.32. The Morgan fingerprint density at radius 1 is 1.02 bits per heavy atom. The lowest BCUT2D eigenvalue weighted by atomic mass is 9.62. The van der Waals surface area contributed by atoms with Gasteiger partial charge in [-0.05, 0) is 67.6 Å². The highest BCUT2D eigenvalue weighted by Gasteiger charge is 2.59. The normalized spacial score (nSPS) is 20.8. The first-order valence-corrected chi connectivity index (χ1v) is 17.3. The Hall–Kier alpha value is -4.26. The van der Waals surface area contributed by atoms with Gasteiger partial charge in [-0.2, -0.15) is 0 Å². The molecule has 4 rings (SSSR count). The van der Waals surface area contributed by atoms with Crippen LogP contribution in [-0.2, 0) is 24.4 Å². The van der Waals surface area contributed by atoms with Crippen LogP contribution in [0.15, 0.2) is 59.6 Å². The second kappa shape index (κ2) is 16.6. The molecule has 0 bridgehead atoms. The fraction of sp³-hybridized carbons (Fsp3) is 0.421. The van der Waals surface area contributed by atoms with Crippen molar-refractivity contribution in [2.75, 3.05) is 19.5 Å². The molecule has 0 aliphatic carbocycles. The van der Waals surface area contributed by atoms with E-state index in [9.17, 15) is 14.4 Å². The summed E-state index contributed by atoms with van der Waals surface area (Å²) in [7, 11) is 2.88. The van der Waals surface area contributed by atoms with E-state index in [4.69, 9.17) is 42.1 Å². The van der Waals surface area contributed by atoms with Crippen molar-refractivity contribution in [3.8, 4) is 5.75 Å². The van der Waals surface area contributed by atoms with Crippen LogP contribution in [0, 0.1) is 17.0 Å². The van der Waals surface area contributed by atoms with Gasteiger partial charge < -0.3 is 29.6 Å². The summed E-state index contributed by atoms with van der Waals surface area (Å²) in [5.74, 6) is -3.85. The molecule has 0 radical (unpaired) electrons. The third-order valence-electron chi connectivity index (χ3n) is 8.52. The van der Waals surface area contributed by atoms with Crippen molar-refractivity contribution in [1.82, 2.24) is 5.32 Å². The van der Waals surface area contributed by atoms with Gasteiger partial charge in [0.2, 0.25) is 12.2 Å². The average molecular weight is 763 g/mol. The number of ether oxygens (including phenoxy) is 4. The van der Waals surface area contributed by atoms with Gasteiger partial charge in [0.05, 0.1) is 40.9 Å². The van der Waals surface area contributed by atoms with Gasteiger partial charge in [0.1, 0.15) is 17.4 Å². The molecule has 280 valence electrons. The number of anilines is 1. The first kappa shape index (κ1) is 40.5. The van der Waals surface area contributed by atoms with Crippen LogP contribution >= 0.6 is 23.2 Å². The van der Waals surface area contributed by atoms with E-state index in [2.05, 4.69) is 15.6 Å². The van der Waals surface area contributed by atoms with Crippen LogP contribution in [0.2, 0.25) is 10.0 Å². The molecule has 0 saturated carbocycles. The van der Waals surface area contributed by atoms with Crippen LogP contribution in [0.4, 0.5) is 19.3 Å². The third-order valence-corrected chi connectivity index (χ3v) is 9.05. The molecule has 1 amide bonds. The molecule has 14 heteroatoms. The summed E-state index contributed by atoms with van der Waals surface area (Å²) in [6.45, 7) is 10.6. The SMILES string of the molecule is CN=CC1(c2ccc(Cl)cc2F)C(CC(C)(C)C)NC(C(=O)Nc2ccc(C(=O)OC(C)OC(=O)OC(C)C)cc2OC)C1c1cccc(Cl)c1F. The summed E-state index contributed by atoms with van der Waals surface area (Å²) in [6.07, 6.45) is -0.711. The zero-order valence-corrected chi connectivity index (χ0v) is 31.7. The highest BCUT2D eigenvalue weighted by Crippen LogP contribution is 2.52. The van der Waals surface area contributed by atoms with E-state index in [-0.39, 0.29) is 43.6 Å². The number of hydrogen-bond acceptors (Lipinski definition) is 9. The lowest BCUT2D eigenvalue weighted by Crippen LogP contribution is -2.47. The standard InChI is InChI=1S/C38H43Cl2F2N3O7/c1-20(2)50-36(48)52-21(3)51-35(47)22-12-15-28(29(16-22)49-8)44-34(46)33-31(24-10-9-11-26(40)32(24)42)38(19-43-7,30(45-33)18-37(4,5)6)25-14-13-23(39)17-27(25)41/h9-17,19-21,30-31,33,45H,18H2,1-8H3,(H,44,46). The van der Waals surface area contributed by atoms with Gasteiger partial charge in [0.15, 0.2) is 0 Å². The summed E-state index contributed by atoms with van der Waals surface area (Å²) >= 11 is 12.5. The molecular weight excluding hydrogens is 719 g/mol. The molecule has 1 fully saturated rings. The molecule has 5 unspecified atom stereocenters. The van der Waals surface area contributed by atoms with E-state index in [0.717, 1.165) is 0 Å². The van der Waals surface area contributed by atoms with Crippen molar-refractivity contribution >= 4 is 53.1 Å². The Labute approximate surface area is 312 Å². The molecule has 3 aromatic rings. The summed E-state index contributed by atoms with van der Waals surface area (Å²) in [5, 5.41) is 6.26. The summed E-state index contributed by atoms with van der Waals surface area (Å²) in [6, 6.07) is 11.1. The van der Waals surface area contributed by atoms with Gasteiger partial charge in [0.25, 0.3) is 0 Å². The number of hydrogen-bond donors (Lipinski definition) is 2. The molecule has 1 aliphatic rings. The molecule has 5 atom stereocenters. The number of esters is 1. The monoisotopic (exact) mass is 761 g/mol. The predicted octanol–water partition coefficient (Wildman–Crippen LogP) is 8.48. The van der Waals surface area contributed by atoms with Crippen LogP contribution in [0.25, 0.3) is 0 Å². The van der Waals surface area contributed by atoms with Crippen molar-refractivity contribution in [3.63, 3.8) is 0 Å². The van der Waals surface area contributed by atoms with E-state index in [1.54, 1.807) is 32.2 Å². The number of methoxy groups -OCH3 is 1. The highest BCUT2D eigenvalue weighted by molar-refractivity contribution is 6.31. The zero-order valence-electron chi connectivity index (χ0n) is 30.2. The van der Waals surface area contributed by atoms with Gasteiger partial charge in [-0.1, -0.05) is 62.2 Å². The smallest absolute Gasteiger partial charge is 0.495 e. The number of carbonyl (C=O) groups is 3. The van der Waals surface area contributed by atoms with Crippen LogP contribution in [0.5, 0.6) is 5.75 Å². The molecule has 1 heterocycles. The van der Waals surface area contributed by atoms with Crippen LogP contribution in [0.1, 0.15) is 75.4 Å². The first-order chi connectivity index (χ1) is 24.4. The van der Waals surface area contributed by atoms with Crippen molar-refractivity contribution < 1.29 is 42.1 Å². The Morgan fingerprint density at radius 3 is 2.35 bits per heavy atom. The number of nitrogens with one attached hydrogen (secondary N) is 2. The minimum atomic E-state index is -1.41. The minimum Gasteiger partial charge on any atom is -0.495 e. The van der Waals surface area contributed by atoms with Gasteiger partial charge in [-0.3, -0.25) is 9.79 Å². The summed E-state index contributed by atoms with van der Waals surface area (Å²) in [4.78, 5) is 43.5. The topological polar surface area (TPSA) is 125 Å². The number of benzene rings is 3. The Kier molecular flexibility index (Phi) is 12.9. The number of halogens is 4. The number of nitrogens with zero attached hydrogens (tertiary/aromatic N) is 1. The van der Waals surface area contributed by atoms with Gasteiger partial charge in [-0.15, -0.1) is 0 Å². The maximum Gasteiger partial charge on any atom is 0.511 e. The number of carbonyl (C=O) groups excluding carboxylic acids is 3. The molecule has 10 nitrogen and oxygen atoms in total.